The minimum Gasteiger partial charge on any atom is -0.478 e. The molecule has 0 bridgehead atoms. The molecule has 0 radical (unpaired) electrons. The van der Waals surface area contributed by atoms with Crippen molar-refractivity contribution in [2.75, 3.05) is 0 Å². The van der Waals surface area contributed by atoms with Crippen molar-refractivity contribution < 1.29 is 19.0 Å². The number of aromatic carboxylic acids is 1. The van der Waals surface area contributed by atoms with Gasteiger partial charge in [0.05, 0.1) is 0 Å². The van der Waals surface area contributed by atoms with Crippen LogP contribution in [0.4, 0.5) is 4.39 Å². The van der Waals surface area contributed by atoms with Crippen LogP contribution in [0.3, 0.4) is 0 Å². The number of halogens is 2. The first-order valence-corrected chi connectivity index (χ1v) is 6.23. The van der Waals surface area contributed by atoms with E-state index < -0.39 is 5.97 Å². The highest BCUT2D eigenvalue weighted by Gasteiger charge is 2.15. The molecule has 20 heavy (non-hydrogen) atoms. The van der Waals surface area contributed by atoms with Crippen LogP contribution in [0.15, 0.2) is 30.3 Å². The molecule has 0 heterocycles. The molecule has 0 saturated carbocycles. The molecule has 0 spiro atoms. The molecule has 0 aromatic heterocycles. The average molecular weight is 295 g/mol. The number of hydrogen-bond acceptors (Lipinski definition) is 2. The molecule has 0 aliphatic carbocycles. The smallest absolute Gasteiger partial charge is 0.339 e. The van der Waals surface area contributed by atoms with E-state index in [1.807, 2.05) is 0 Å². The Kier molecular flexibility index (Phi) is 3.95. The molecule has 0 amide bonds. The molecule has 104 valence electrons. The van der Waals surface area contributed by atoms with Gasteiger partial charge >= 0.3 is 5.97 Å². The number of hydrogen-bond donors (Lipinski definition) is 1. The highest BCUT2D eigenvalue weighted by Crippen LogP contribution is 2.32. The van der Waals surface area contributed by atoms with E-state index in [2.05, 4.69) is 0 Å². The Hall–Kier alpha value is -2.07. The van der Waals surface area contributed by atoms with Gasteiger partial charge in [-0.15, -0.1) is 0 Å². The lowest BCUT2D eigenvalue weighted by Gasteiger charge is -2.12. The fourth-order valence-electron chi connectivity index (χ4n) is 1.76. The van der Waals surface area contributed by atoms with E-state index in [1.165, 1.54) is 30.3 Å². The zero-order chi connectivity index (χ0) is 14.9. The molecule has 0 aliphatic heterocycles. The molecule has 0 unspecified atom stereocenters. The normalized spacial score (nSPS) is 10.4. The topological polar surface area (TPSA) is 46.5 Å². The van der Waals surface area contributed by atoms with Crippen LogP contribution in [-0.2, 0) is 0 Å². The molecule has 0 saturated heterocycles. The summed E-state index contributed by atoms with van der Waals surface area (Å²) in [6, 6.07) is 6.90. The summed E-state index contributed by atoms with van der Waals surface area (Å²) in [7, 11) is 0. The average Bonchev–Trinajstić information content (AvgIpc) is 2.36. The van der Waals surface area contributed by atoms with Crippen molar-refractivity contribution in [1.29, 1.82) is 0 Å². The quantitative estimate of drug-likeness (QED) is 0.901. The van der Waals surface area contributed by atoms with Crippen LogP contribution in [0.5, 0.6) is 11.5 Å². The van der Waals surface area contributed by atoms with Gasteiger partial charge in [-0.3, -0.25) is 0 Å². The van der Waals surface area contributed by atoms with E-state index in [0.29, 0.717) is 21.9 Å². The van der Waals surface area contributed by atoms with Crippen molar-refractivity contribution in [3.05, 3.63) is 57.9 Å². The number of ether oxygens (including phenoxy) is 1. The third kappa shape index (κ3) is 2.91. The van der Waals surface area contributed by atoms with Crippen molar-refractivity contribution in [3.8, 4) is 11.5 Å². The predicted octanol–water partition coefficient (Wildman–Crippen LogP) is 4.59. The van der Waals surface area contributed by atoms with E-state index in [1.54, 1.807) is 13.8 Å². The van der Waals surface area contributed by atoms with Crippen LogP contribution >= 0.6 is 11.6 Å². The molecule has 3 nitrogen and oxygen atoms in total. The zero-order valence-electron chi connectivity index (χ0n) is 10.9. The monoisotopic (exact) mass is 294 g/mol. The maximum Gasteiger partial charge on any atom is 0.339 e. The molecule has 0 aliphatic rings. The molecular formula is C15H12ClFO3. The van der Waals surface area contributed by atoms with Crippen molar-refractivity contribution in [1.82, 2.24) is 0 Å². The number of rotatable bonds is 3. The second-order valence-corrected chi connectivity index (χ2v) is 4.82. The Morgan fingerprint density at radius 3 is 2.45 bits per heavy atom. The molecule has 5 heteroatoms. The van der Waals surface area contributed by atoms with Crippen LogP contribution in [-0.4, -0.2) is 11.1 Å². The Morgan fingerprint density at radius 2 is 1.85 bits per heavy atom. The van der Waals surface area contributed by atoms with Gasteiger partial charge in [0.15, 0.2) is 0 Å². The Bertz CT molecular complexity index is 683. The molecule has 1 N–H and O–H groups in total. The van der Waals surface area contributed by atoms with Gasteiger partial charge in [-0.25, -0.2) is 9.18 Å². The van der Waals surface area contributed by atoms with Gasteiger partial charge < -0.3 is 9.84 Å². The van der Waals surface area contributed by atoms with Crippen molar-refractivity contribution >= 4 is 17.6 Å². The molecule has 2 aromatic carbocycles. The van der Waals surface area contributed by atoms with E-state index in [4.69, 9.17) is 16.3 Å². The van der Waals surface area contributed by atoms with Crippen LogP contribution < -0.4 is 4.74 Å². The Morgan fingerprint density at radius 1 is 1.15 bits per heavy atom. The first kappa shape index (κ1) is 14.3. The maximum absolute atomic E-state index is 13.0. The largest absolute Gasteiger partial charge is 0.478 e. The highest BCUT2D eigenvalue weighted by molar-refractivity contribution is 6.31. The molecule has 0 atom stereocenters. The predicted molar refractivity (Wildman–Crippen MR) is 74.4 cm³/mol. The van der Waals surface area contributed by atoms with Gasteiger partial charge in [0.25, 0.3) is 0 Å². The SMILES string of the molecule is Cc1cc(C(=O)O)c(Oc2ccc(F)cc2C)cc1Cl. The lowest BCUT2D eigenvalue weighted by atomic mass is 10.1. The van der Waals surface area contributed by atoms with Crippen LogP contribution in [0.1, 0.15) is 21.5 Å². The summed E-state index contributed by atoms with van der Waals surface area (Å²) in [5, 5.41) is 9.60. The van der Waals surface area contributed by atoms with Gasteiger partial charge in [0.2, 0.25) is 0 Å². The van der Waals surface area contributed by atoms with Crippen LogP contribution in [0.25, 0.3) is 0 Å². The third-order valence-corrected chi connectivity index (χ3v) is 3.26. The van der Waals surface area contributed by atoms with E-state index in [-0.39, 0.29) is 17.1 Å². The number of carboxylic acids is 1. The first-order valence-electron chi connectivity index (χ1n) is 5.86. The summed E-state index contributed by atoms with van der Waals surface area (Å²) in [6.45, 7) is 3.39. The highest BCUT2D eigenvalue weighted by atomic mass is 35.5. The summed E-state index contributed by atoms with van der Waals surface area (Å²) in [4.78, 5) is 11.2. The summed E-state index contributed by atoms with van der Waals surface area (Å²) in [5.74, 6) is -0.980. The van der Waals surface area contributed by atoms with Crippen molar-refractivity contribution in [2.24, 2.45) is 0 Å². The second kappa shape index (κ2) is 5.51. The Labute approximate surface area is 120 Å². The van der Waals surface area contributed by atoms with Gasteiger partial charge in [0.1, 0.15) is 22.9 Å². The summed E-state index contributed by atoms with van der Waals surface area (Å²) in [5.41, 5.74) is 1.22. The van der Waals surface area contributed by atoms with Gasteiger partial charge in [0, 0.05) is 11.1 Å². The van der Waals surface area contributed by atoms with Crippen molar-refractivity contribution in [2.45, 2.75) is 13.8 Å². The number of carbonyl (C=O) groups is 1. The summed E-state index contributed by atoms with van der Waals surface area (Å²) in [6.07, 6.45) is 0. The lowest BCUT2D eigenvalue weighted by Crippen LogP contribution is -2.01. The second-order valence-electron chi connectivity index (χ2n) is 4.41. The standard InChI is InChI=1S/C15H12ClFO3/c1-8-6-11(15(18)19)14(7-12(8)16)20-13-4-3-10(17)5-9(13)2/h3-7H,1-2H3,(H,18,19). The number of carboxylic acid groups (broad SMARTS) is 1. The van der Waals surface area contributed by atoms with Crippen LogP contribution in [0.2, 0.25) is 5.02 Å². The summed E-state index contributed by atoms with van der Waals surface area (Å²) >= 11 is 5.99. The molecular weight excluding hydrogens is 283 g/mol. The van der Waals surface area contributed by atoms with Gasteiger partial charge in [-0.1, -0.05) is 11.6 Å². The third-order valence-electron chi connectivity index (χ3n) is 2.85. The number of benzene rings is 2. The lowest BCUT2D eigenvalue weighted by molar-refractivity contribution is 0.0694. The minimum absolute atomic E-state index is 0.00984. The van der Waals surface area contributed by atoms with E-state index in [0.717, 1.165) is 0 Å². The molecule has 2 aromatic rings. The van der Waals surface area contributed by atoms with E-state index >= 15 is 0 Å². The molecule has 0 fully saturated rings. The van der Waals surface area contributed by atoms with Crippen LogP contribution in [0, 0.1) is 19.7 Å². The fraction of sp³-hybridized carbons (Fsp3) is 0.133. The van der Waals surface area contributed by atoms with Crippen molar-refractivity contribution in [3.63, 3.8) is 0 Å². The zero-order valence-corrected chi connectivity index (χ0v) is 11.7. The fourth-order valence-corrected chi connectivity index (χ4v) is 1.91. The Balaban J connectivity index is 2.47. The number of aryl methyl sites for hydroxylation is 2. The first-order chi connectivity index (χ1) is 9.38. The summed E-state index contributed by atoms with van der Waals surface area (Å²) < 4.78 is 18.6. The van der Waals surface area contributed by atoms with Gasteiger partial charge in [-0.2, -0.15) is 0 Å². The van der Waals surface area contributed by atoms with E-state index in [9.17, 15) is 14.3 Å². The minimum atomic E-state index is -1.11. The molecule has 2 rings (SSSR count). The maximum atomic E-state index is 13.0. The van der Waals surface area contributed by atoms with Gasteiger partial charge in [-0.05, 0) is 49.2 Å².